The summed E-state index contributed by atoms with van der Waals surface area (Å²) in [6.07, 6.45) is 4.93. The molecule has 2 saturated heterocycles. The van der Waals surface area contributed by atoms with Gasteiger partial charge in [-0.05, 0) is 39.8 Å². The van der Waals surface area contributed by atoms with E-state index in [0.29, 0.717) is 35.6 Å². The van der Waals surface area contributed by atoms with Gasteiger partial charge in [-0.3, -0.25) is 9.48 Å². The number of hydrogen-bond acceptors (Lipinski definition) is 6. The van der Waals surface area contributed by atoms with Gasteiger partial charge in [0.1, 0.15) is 11.1 Å². The molecule has 3 aromatic heterocycles. The summed E-state index contributed by atoms with van der Waals surface area (Å²) in [5, 5.41) is 8.19. The van der Waals surface area contributed by atoms with Crippen molar-refractivity contribution in [2.24, 2.45) is 7.05 Å². The average Bonchev–Trinajstić information content (AvgIpc) is 3.16. The second kappa shape index (κ2) is 7.92. The molecular formula is C26H28FN7O3. The smallest absolute Gasteiger partial charge is 0.410 e. The van der Waals surface area contributed by atoms with E-state index < -0.39 is 11.4 Å². The minimum Gasteiger partial charge on any atom is -0.444 e. The number of piperazine rings is 1. The van der Waals surface area contributed by atoms with E-state index in [1.54, 1.807) is 39.4 Å². The van der Waals surface area contributed by atoms with E-state index in [2.05, 4.69) is 20.3 Å². The maximum Gasteiger partial charge on any atom is 0.410 e. The fraction of sp³-hybridized carbons (Fsp3) is 0.385. The first-order valence-corrected chi connectivity index (χ1v) is 12.2. The van der Waals surface area contributed by atoms with Gasteiger partial charge in [0.25, 0.3) is 5.91 Å². The number of aromatic nitrogens is 4. The van der Waals surface area contributed by atoms with Crippen LogP contribution in [0.4, 0.5) is 20.6 Å². The number of likely N-dealkylation sites (tertiary alicyclic amines) is 1. The van der Waals surface area contributed by atoms with Gasteiger partial charge in [-0.2, -0.15) is 5.10 Å². The van der Waals surface area contributed by atoms with Crippen molar-refractivity contribution >= 4 is 39.9 Å². The SMILES string of the molecule is Cc1cn2cc(NC(=O)c3ccc(N4C5CN(C(=O)OC(C)(C)C)CC54)c4cn(C)nc34)cc(F)c2n1. The topological polar surface area (TPSA) is 96.8 Å². The number of amides is 2. The van der Waals surface area contributed by atoms with E-state index in [1.807, 2.05) is 40.1 Å². The summed E-state index contributed by atoms with van der Waals surface area (Å²) in [5.74, 6) is -0.898. The number of ether oxygens (including phenoxy) is 1. The maximum absolute atomic E-state index is 14.5. The van der Waals surface area contributed by atoms with Crippen molar-refractivity contribution in [2.45, 2.75) is 45.4 Å². The van der Waals surface area contributed by atoms with Crippen LogP contribution in [0, 0.1) is 12.7 Å². The molecule has 1 aromatic carbocycles. The predicted octanol–water partition coefficient (Wildman–Crippen LogP) is 3.73. The number of benzene rings is 1. The first-order valence-electron chi connectivity index (χ1n) is 12.2. The molecule has 10 nitrogen and oxygen atoms in total. The minimum atomic E-state index is -0.531. The van der Waals surface area contributed by atoms with Crippen LogP contribution in [0.2, 0.25) is 0 Å². The van der Waals surface area contributed by atoms with E-state index in [0.717, 1.165) is 11.1 Å². The summed E-state index contributed by atoms with van der Waals surface area (Å²) >= 11 is 0. The molecule has 0 spiro atoms. The van der Waals surface area contributed by atoms with Crippen LogP contribution in [-0.2, 0) is 11.8 Å². The standard InChI is InChI=1S/C26H28FN7O3/c1-14-9-32-10-15(8-18(27)23(32)28-14)29-24(35)16-6-7-19(17-11-31(5)30-22(16)17)34-20-12-33(13-21(20)34)25(36)37-26(2,3)4/h6-11,20-21H,12-13H2,1-5H3,(H,29,35). The Morgan fingerprint density at radius 2 is 1.86 bits per heavy atom. The number of pyridine rings is 1. The van der Waals surface area contributed by atoms with Crippen molar-refractivity contribution in [3.63, 3.8) is 0 Å². The molecule has 2 fully saturated rings. The lowest BCUT2D eigenvalue weighted by molar-refractivity contribution is 0.0283. The zero-order valence-corrected chi connectivity index (χ0v) is 21.3. The van der Waals surface area contributed by atoms with Crippen molar-refractivity contribution < 1.29 is 18.7 Å². The monoisotopic (exact) mass is 505 g/mol. The van der Waals surface area contributed by atoms with Gasteiger partial charge < -0.3 is 24.3 Å². The molecule has 192 valence electrons. The normalized spacial score (nSPS) is 19.0. The number of fused-ring (bicyclic) bond motifs is 3. The molecule has 11 heteroatoms. The van der Waals surface area contributed by atoms with Crippen molar-refractivity contribution in [1.29, 1.82) is 0 Å². The molecule has 2 atom stereocenters. The van der Waals surface area contributed by atoms with Gasteiger partial charge in [0.05, 0.1) is 29.0 Å². The molecule has 0 bridgehead atoms. The summed E-state index contributed by atoms with van der Waals surface area (Å²) < 4.78 is 23.2. The third-order valence-corrected chi connectivity index (χ3v) is 6.71. The first-order chi connectivity index (χ1) is 17.5. The van der Waals surface area contributed by atoms with Crippen molar-refractivity contribution in [2.75, 3.05) is 23.3 Å². The second-order valence-corrected chi connectivity index (χ2v) is 10.8. The number of hydrogen-bond donors (Lipinski definition) is 1. The molecule has 4 aromatic rings. The van der Waals surface area contributed by atoms with Gasteiger partial charge in [0.2, 0.25) is 0 Å². The third-order valence-electron chi connectivity index (χ3n) is 6.71. The van der Waals surface area contributed by atoms with Crippen LogP contribution in [0.15, 0.2) is 36.8 Å². The third kappa shape index (κ3) is 4.04. The summed E-state index contributed by atoms with van der Waals surface area (Å²) in [7, 11) is 1.81. The molecule has 0 aliphatic carbocycles. The number of carbonyl (C=O) groups is 2. The molecule has 37 heavy (non-hydrogen) atoms. The summed E-state index contributed by atoms with van der Waals surface area (Å²) in [4.78, 5) is 33.8. The summed E-state index contributed by atoms with van der Waals surface area (Å²) in [6.45, 7) is 8.54. The van der Waals surface area contributed by atoms with Gasteiger partial charge in [-0.15, -0.1) is 0 Å². The highest BCUT2D eigenvalue weighted by molar-refractivity contribution is 6.14. The van der Waals surface area contributed by atoms with Crippen LogP contribution in [0.3, 0.4) is 0 Å². The quantitative estimate of drug-likeness (QED) is 0.426. The fourth-order valence-corrected chi connectivity index (χ4v) is 5.17. The van der Waals surface area contributed by atoms with Crippen molar-refractivity contribution in [3.05, 3.63) is 53.9 Å². The largest absolute Gasteiger partial charge is 0.444 e. The number of carbonyl (C=O) groups excluding carboxylic acids is 2. The Hall–Kier alpha value is -4.15. The Labute approximate surface area is 212 Å². The number of nitrogens with zero attached hydrogens (tertiary/aromatic N) is 6. The van der Waals surface area contributed by atoms with Gasteiger partial charge in [-0.25, -0.2) is 14.2 Å². The van der Waals surface area contributed by atoms with Crippen molar-refractivity contribution in [1.82, 2.24) is 24.1 Å². The Balaban J connectivity index is 1.23. The van der Waals surface area contributed by atoms with Crippen LogP contribution >= 0.6 is 0 Å². The minimum absolute atomic E-state index is 0.198. The molecular weight excluding hydrogens is 477 g/mol. The highest BCUT2D eigenvalue weighted by Crippen LogP contribution is 2.44. The lowest BCUT2D eigenvalue weighted by Gasteiger charge is -2.26. The molecule has 2 amide bonds. The Morgan fingerprint density at radius 3 is 2.57 bits per heavy atom. The number of rotatable bonds is 3. The Morgan fingerprint density at radius 1 is 1.14 bits per heavy atom. The van der Waals surface area contributed by atoms with E-state index in [9.17, 15) is 14.0 Å². The van der Waals surface area contributed by atoms with Gasteiger partial charge in [-0.1, -0.05) is 0 Å². The van der Waals surface area contributed by atoms with Crippen LogP contribution in [-0.4, -0.2) is 66.8 Å². The molecule has 6 rings (SSSR count). The molecule has 2 unspecified atom stereocenters. The molecule has 2 aliphatic heterocycles. The van der Waals surface area contributed by atoms with E-state index in [4.69, 9.17) is 4.74 Å². The maximum atomic E-state index is 14.5. The molecule has 1 N–H and O–H groups in total. The van der Waals surface area contributed by atoms with Gasteiger partial charge in [0.15, 0.2) is 11.5 Å². The highest BCUT2D eigenvalue weighted by Gasteiger charge is 2.56. The van der Waals surface area contributed by atoms with Crippen LogP contribution < -0.4 is 10.2 Å². The van der Waals surface area contributed by atoms with Crippen LogP contribution in [0.25, 0.3) is 16.6 Å². The molecule has 0 saturated carbocycles. The van der Waals surface area contributed by atoms with E-state index in [1.165, 1.54) is 6.07 Å². The average molecular weight is 506 g/mol. The Kier molecular flexibility index (Phi) is 4.98. The first kappa shape index (κ1) is 23.3. The lowest BCUT2D eigenvalue weighted by Crippen LogP contribution is -2.39. The van der Waals surface area contributed by atoms with Gasteiger partial charge >= 0.3 is 6.09 Å². The second-order valence-electron chi connectivity index (χ2n) is 10.8. The number of halogens is 1. The van der Waals surface area contributed by atoms with E-state index in [-0.39, 0.29) is 29.7 Å². The summed E-state index contributed by atoms with van der Waals surface area (Å²) in [6, 6.07) is 5.32. The highest BCUT2D eigenvalue weighted by atomic mass is 19.1. The predicted molar refractivity (Wildman–Crippen MR) is 136 cm³/mol. The molecule has 2 aliphatic rings. The number of aryl methyl sites for hydroxylation is 2. The number of anilines is 2. The number of imidazole rings is 1. The zero-order chi connectivity index (χ0) is 26.2. The Bertz CT molecular complexity index is 1570. The van der Waals surface area contributed by atoms with E-state index >= 15 is 0 Å². The molecule has 5 heterocycles. The fourth-order valence-electron chi connectivity index (χ4n) is 5.17. The molecule has 0 radical (unpaired) electrons. The number of nitrogens with one attached hydrogen (secondary N) is 1. The zero-order valence-electron chi connectivity index (χ0n) is 21.3. The van der Waals surface area contributed by atoms with Gasteiger partial charge in [0, 0.05) is 55.9 Å². The summed E-state index contributed by atoms with van der Waals surface area (Å²) in [5.41, 5.74) is 2.61. The lowest BCUT2D eigenvalue weighted by atomic mass is 10.1. The van der Waals surface area contributed by atoms with Crippen LogP contribution in [0.5, 0.6) is 0 Å². The van der Waals surface area contributed by atoms with Crippen LogP contribution in [0.1, 0.15) is 36.8 Å². The van der Waals surface area contributed by atoms with Crippen molar-refractivity contribution in [3.8, 4) is 0 Å².